The lowest BCUT2D eigenvalue weighted by molar-refractivity contribution is 1.12. The predicted molar refractivity (Wildman–Crippen MR) is 102 cm³/mol. The van der Waals surface area contributed by atoms with Crippen LogP contribution in [0.25, 0.3) is 11.1 Å². The van der Waals surface area contributed by atoms with Crippen molar-refractivity contribution in [3.8, 4) is 0 Å². The highest BCUT2D eigenvalue weighted by atomic mass is 35.5. The number of allylic oxidation sites excluding steroid dienone is 4. The fourth-order valence-corrected chi connectivity index (χ4v) is 3.44. The second-order valence-corrected chi connectivity index (χ2v) is 6.91. The third kappa shape index (κ3) is 3.24. The van der Waals surface area contributed by atoms with Gasteiger partial charge in [-0.05, 0) is 73.6 Å². The van der Waals surface area contributed by atoms with Crippen LogP contribution in [0.2, 0.25) is 10.0 Å². The van der Waals surface area contributed by atoms with Crippen LogP contribution < -0.4 is 0 Å². The Kier molecular flexibility index (Phi) is 4.66. The summed E-state index contributed by atoms with van der Waals surface area (Å²) in [6, 6.07) is 14.6. The molecule has 0 unspecified atom stereocenters. The van der Waals surface area contributed by atoms with E-state index in [0.717, 1.165) is 12.0 Å². The SMILES string of the molecule is CC1=C(c2ccc(C)cc2)C(C)=C(c2ccc(Cl)c(Cl)c2)[CH]C1. The van der Waals surface area contributed by atoms with Gasteiger partial charge in [-0.1, -0.05) is 64.7 Å². The van der Waals surface area contributed by atoms with E-state index >= 15 is 0 Å². The Labute approximate surface area is 148 Å². The van der Waals surface area contributed by atoms with E-state index in [2.05, 4.69) is 51.5 Å². The summed E-state index contributed by atoms with van der Waals surface area (Å²) in [5, 5.41) is 1.19. The zero-order valence-corrected chi connectivity index (χ0v) is 15.1. The van der Waals surface area contributed by atoms with E-state index in [1.54, 1.807) is 0 Å². The van der Waals surface area contributed by atoms with Crippen LogP contribution >= 0.6 is 23.2 Å². The summed E-state index contributed by atoms with van der Waals surface area (Å²) in [7, 11) is 0. The van der Waals surface area contributed by atoms with Crippen molar-refractivity contribution in [2.75, 3.05) is 0 Å². The van der Waals surface area contributed by atoms with Crippen LogP contribution in [0.5, 0.6) is 0 Å². The fraction of sp³-hybridized carbons (Fsp3) is 0.190. The molecule has 2 aromatic carbocycles. The Balaban J connectivity index is 2.11. The third-order valence-corrected chi connectivity index (χ3v) is 5.13. The largest absolute Gasteiger partial charge is 0.0827 e. The Morgan fingerprint density at radius 2 is 1.43 bits per heavy atom. The first kappa shape index (κ1) is 16.4. The summed E-state index contributed by atoms with van der Waals surface area (Å²) >= 11 is 12.3. The molecule has 1 aliphatic rings. The summed E-state index contributed by atoms with van der Waals surface area (Å²) < 4.78 is 0. The molecule has 117 valence electrons. The standard InChI is InChI=1S/C21H19Cl2/c1-13-4-7-16(8-5-13)21-14(2)6-10-18(15(21)3)17-9-11-19(22)20(23)12-17/h4-5,7-12H,6H2,1-3H3. The minimum atomic E-state index is 0.593. The number of aryl methyl sites for hydroxylation is 1. The first-order valence-corrected chi connectivity index (χ1v) is 8.49. The maximum absolute atomic E-state index is 6.20. The van der Waals surface area contributed by atoms with Gasteiger partial charge in [0.1, 0.15) is 0 Å². The number of hydrogen-bond donors (Lipinski definition) is 0. The monoisotopic (exact) mass is 341 g/mol. The minimum absolute atomic E-state index is 0.593. The van der Waals surface area contributed by atoms with E-state index in [1.807, 2.05) is 18.2 Å². The molecule has 0 fully saturated rings. The Morgan fingerprint density at radius 1 is 0.783 bits per heavy atom. The molecule has 0 bridgehead atoms. The smallest absolute Gasteiger partial charge is 0.0598 e. The molecular weight excluding hydrogens is 323 g/mol. The van der Waals surface area contributed by atoms with Gasteiger partial charge in [0.25, 0.3) is 0 Å². The second-order valence-electron chi connectivity index (χ2n) is 6.10. The highest BCUT2D eigenvalue weighted by Crippen LogP contribution is 2.41. The maximum Gasteiger partial charge on any atom is 0.0598 e. The molecule has 0 aromatic heterocycles. The molecule has 1 aliphatic carbocycles. The number of rotatable bonds is 2. The molecule has 23 heavy (non-hydrogen) atoms. The summed E-state index contributed by atoms with van der Waals surface area (Å²) in [6.07, 6.45) is 3.23. The van der Waals surface area contributed by atoms with Gasteiger partial charge in [0.05, 0.1) is 10.0 Å². The molecule has 0 nitrogen and oxygen atoms in total. The Bertz CT molecular complexity index is 808. The summed E-state index contributed by atoms with van der Waals surface area (Å²) in [5.41, 5.74) is 8.94. The molecule has 2 heteroatoms. The fourth-order valence-electron chi connectivity index (χ4n) is 3.15. The van der Waals surface area contributed by atoms with Crippen molar-refractivity contribution in [2.24, 2.45) is 0 Å². The quantitative estimate of drug-likeness (QED) is 0.543. The lowest BCUT2D eigenvalue weighted by Gasteiger charge is -2.24. The lowest BCUT2D eigenvalue weighted by atomic mass is 9.81. The number of halogens is 2. The molecular formula is C21H19Cl2. The topological polar surface area (TPSA) is 0 Å². The van der Waals surface area contributed by atoms with Crippen molar-refractivity contribution >= 4 is 34.3 Å². The summed E-state index contributed by atoms with van der Waals surface area (Å²) in [4.78, 5) is 0. The van der Waals surface area contributed by atoms with Crippen LogP contribution in [0.3, 0.4) is 0 Å². The number of hydrogen-bond acceptors (Lipinski definition) is 0. The third-order valence-electron chi connectivity index (χ3n) is 4.39. The zero-order valence-electron chi connectivity index (χ0n) is 13.6. The normalized spacial score (nSPS) is 15.3. The van der Waals surface area contributed by atoms with Gasteiger partial charge in [-0.25, -0.2) is 0 Å². The molecule has 0 heterocycles. The van der Waals surface area contributed by atoms with Crippen molar-refractivity contribution in [3.63, 3.8) is 0 Å². The van der Waals surface area contributed by atoms with E-state index in [-0.39, 0.29) is 0 Å². The van der Waals surface area contributed by atoms with Crippen molar-refractivity contribution in [1.29, 1.82) is 0 Å². The Morgan fingerprint density at radius 3 is 2.09 bits per heavy atom. The lowest BCUT2D eigenvalue weighted by Crippen LogP contribution is -2.03. The molecule has 0 saturated carbocycles. The zero-order chi connectivity index (χ0) is 16.6. The molecule has 2 aromatic rings. The van der Waals surface area contributed by atoms with Gasteiger partial charge >= 0.3 is 0 Å². The number of benzene rings is 2. The van der Waals surface area contributed by atoms with Gasteiger partial charge in [0.15, 0.2) is 0 Å². The molecule has 0 spiro atoms. The van der Waals surface area contributed by atoms with E-state index in [4.69, 9.17) is 23.2 Å². The molecule has 0 atom stereocenters. The molecule has 0 saturated heterocycles. The van der Waals surface area contributed by atoms with E-state index < -0.39 is 0 Å². The maximum atomic E-state index is 6.20. The van der Waals surface area contributed by atoms with Crippen LogP contribution in [0, 0.1) is 13.3 Å². The van der Waals surface area contributed by atoms with Gasteiger partial charge in [0, 0.05) is 0 Å². The second kappa shape index (κ2) is 6.55. The van der Waals surface area contributed by atoms with Gasteiger partial charge < -0.3 is 0 Å². The molecule has 3 rings (SSSR count). The van der Waals surface area contributed by atoms with Gasteiger partial charge in [0.2, 0.25) is 0 Å². The molecule has 1 radical (unpaired) electrons. The Hall–Kier alpha value is -1.50. The first-order chi connectivity index (χ1) is 11.0. The highest BCUT2D eigenvalue weighted by molar-refractivity contribution is 6.42. The van der Waals surface area contributed by atoms with Crippen LogP contribution in [0.4, 0.5) is 0 Å². The summed E-state index contributed by atoms with van der Waals surface area (Å²) in [5.74, 6) is 0. The van der Waals surface area contributed by atoms with Gasteiger partial charge in [-0.2, -0.15) is 0 Å². The average molecular weight is 342 g/mol. The van der Waals surface area contributed by atoms with E-state index in [9.17, 15) is 0 Å². The van der Waals surface area contributed by atoms with Gasteiger partial charge in [-0.15, -0.1) is 0 Å². The predicted octanol–water partition coefficient (Wildman–Crippen LogP) is 7.16. The van der Waals surface area contributed by atoms with Crippen molar-refractivity contribution in [3.05, 3.63) is 86.8 Å². The van der Waals surface area contributed by atoms with Crippen molar-refractivity contribution < 1.29 is 0 Å². The molecule has 0 N–H and O–H groups in total. The summed E-state index contributed by atoms with van der Waals surface area (Å²) in [6.45, 7) is 6.51. The van der Waals surface area contributed by atoms with E-state index in [0.29, 0.717) is 10.0 Å². The van der Waals surface area contributed by atoms with Crippen molar-refractivity contribution in [2.45, 2.75) is 27.2 Å². The van der Waals surface area contributed by atoms with Crippen molar-refractivity contribution in [1.82, 2.24) is 0 Å². The van der Waals surface area contributed by atoms with Crippen LogP contribution in [0.15, 0.2) is 53.6 Å². The van der Waals surface area contributed by atoms with Crippen LogP contribution in [0.1, 0.15) is 37.0 Å². The van der Waals surface area contributed by atoms with Crippen LogP contribution in [-0.2, 0) is 0 Å². The van der Waals surface area contributed by atoms with E-state index in [1.165, 1.54) is 33.4 Å². The minimum Gasteiger partial charge on any atom is -0.0827 e. The van der Waals surface area contributed by atoms with Gasteiger partial charge in [-0.3, -0.25) is 0 Å². The molecule has 0 aliphatic heterocycles. The average Bonchev–Trinajstić information content (AvgIpc) is 2.52. The highest BCUT2D eigenvalue weighted by Gasteiger charge is 2.19. The molecule has 0 amide bonds. The first-order valence-electron chi connectivity index (χ1n) is 7.74. The van der Waals surface area contributed by atoms with Crippen LogP contribution in [-0.4, -0.2) is 0 Å².